The number of phenols is 1. The van der Waals surface area contributed by atoms with Gasteiger partial charge in [-0.05, 0) is 48.7 Å². The van der Waals surface area contributed by atoms with Crippen LogP contribution >= 0.6 is 11.6 Å². The van der Waals surface area contributed by atoms with E-state index in [1.807, 2.05) is 13.8 Å². The molecule has 0 aliphatic heterocycles. The van der Waals surface area contributed by atoms with Crippen molar-refractivity contribution in [3.05, 3.63) is 52.3 Å². The van der Waals surface area contributed by atoms with Gasteiger partial charge >= 0.3 is 6.18 Å². The van der Waals surface area contributed by atoms with Gasteiger partial charge in [-0.2, -0.15) is 13.2 Å². The van der Waals surface area contributed by atoms with Gasteiger partial charge < -0.3 is 15.2 Å². The van der Waals surface area contributed by atoms with Crippen molar-refractivity contribution in [2.75, 3.05) is 12.4 Å². The second-order valence-corrected chi connectivity index (χ2v) is 6.60. The van der Waals surface area contributed by atoms with Gasteiger partial charge in [-0.25, -0.2) is 9.97 Å². The zero-order chi connectivity index (χ0) is 22.6. The van der Waals surface area contributed by atoms with E-state index in [2.05, 4.69) is 15.3 Å². The van der Waals surface area contributed by atoms with E-state index in [4.69, 9.17) is 16.3 Å². The third kappa shape index (κ3) is 4.87. The zero-order valence-electron chi connectivity index (χ0n) is 17.2. The second-order valence-electron chi connectivity index (χ2n) is 6.27. The Balaban J connectivity index is 0.00000155. The van der Waals surface area contributed by atoms with E-state index in [0.717, 1.165) is 6.07 Å². The van der Waals surface area contributed by atoms with E-state index < -0.39 is 17.8 Å². The quantitative estimate of drug-likeness (QED) is 0.451. The van der Waals surface area contributed by atoms with E-state index in [1.54, 1.807) is 13.0 Å². The summed E-state index contributed by atoms with van der Waals surface area (Å²) in [6.45, 7) is 7.14. The number of benzene rings is 2. The van der Waals surface area contributed by atoms with Gasteiger partial charge in [0, 0.05) is 11.5 Å². The first-order valence-corrected chi connectivity index (χ1v) is 9.67. The molecule has 0 spiro atoms. The number of anilines is 1. The maximum Gasteiger partial charge on any atom is 0.416 e. The summed E-state index contributed by atoms with van der Waals surface area (Å²) in [5.74, 6) is 0.388. The number of hydrogen-bond acceptors (Lipinski definition) is 5. The predicted octanol–water partition coefficient (Wildman–Crippen LogP) is 6.52. The Labute approximate surface area is 177 Å². The van der Waals surface area contributed by atoms with E-state index in [9.17, 15) is 18.3 Å². The maximum absolute atomic E-state index is 13.2. The first-order chi connectivity index (χ1) is 14.1. The van der Waals surface area contributed by atoms with Crippen LogP contribution in [-0.2, 0) is 6.18 Å². The summed E-state index contributed by atoms with van der Waals surface area (Å²) >= 11 is 5.99. The highest BCUT2D eigenvalue weighted by atomic mass is 35.5. The Hall–Kier alpha value is -2.74. The van der Waals surface area contributed by atoms with Crippen LogP contribution in [-0.4, -0.2) is 22.2 Å². The molecule has 2 N–H and O–H groups in total. The number of rotatable bonds is 4. The van der Waals surface area contributed by atoms with Crippen molar-refractivity contribution in [2.24, 2.45) is 0 Å². The van der Waals surface area contributed by atoms with E-state index in [1.165, 1.54) is 32.2 Å². The number of ether oxygens (including phenoxy) is 1. The lowest BCUT2D eigenvalue weighted by molar-refractivity contribution is -0.138. The molecule has 0 amide bonds. The van der Waals surface area contributed by atoms with Crippen molar-refractivity contribution < 1.29 is 23.0 Å². The van der Waals surface area contributed by atoms with Crippen LogP contribution in [0.15, 0.2) is 30.3 Å². The minimum Gasteiger partial charge on any atom is -0.504 e. The molecule has 0 saturated heterocycles. The number of methoxy groups -OCH3 is 1. The largest absolute Gasteiger partial charge is 0.504 e. The third-order valence-corrected chi connectivity index (χ3v) is 4.64. The molecule has 3 aromatic rings. The molecule has 5 nitrogen and oxygen atoms in total. The summed E-state index contributed by atoms with van der Waals surface area (Å²) in [5.41, 5.74) is 0.330. The monoisotopic (exact) mass is 441 g/mol. The van der Waals surface area contributed by atoms with Crippen molar-refractivity contribution in [3.63, 3.8) is 0 Å². The fourth-order valence-corrected chi connectivity index (χ4v) is 3.28. The summed E-state index contributed by atoms with van der Waals surface area (Å²) in [7, 11) is 1.40. The first-order valence-electron chi connectivity index (χ1n) is 9.29. The Morgan fingerprint density at radius 3 is 2.43 bits per heavy atom. The lowest BCUT2D eigenvalue weighted by atomic mass is 9.97. The minimum absolute atomic E-state index is 0.0456. The summed E-state index contributed by atoms with van der Waals surface area (Å²) in [4.78, 5) is 8.24. The highest BCUT2D eigenvalue weighted by molar-refractivity contribution is 6.28. The third-order valence-electron chi connectivity index (χ3n) is 4.47. The Kier molecular flexibility index (Phi) is 7.36. The molecule has 3 rings (SSSR count). The van der Waals surface area contributed by atoms with Gasteiger partial charge in [0.15, 0.2) is 11.5 Å². The van der Waals surface area contributed by atoms with Gasteiger partial charge in [0.2, 0.25) is 5.28 Å². The Morgan fingerprint density at radius 2 is 1.83 bits per heavy atom. The molecule has 0 bridgehead atoms. The number of phenolic OH excluding ortho intramolecular Hbond substituents is 1. The topological polar surface area (TPSA) is 67.3 Å². The minimum atomic E-state index is -4.44. The first kappa shape index (κ1) is 23.5. The standard InChI is InChI=1S/C19H17ClF3N3O2.C2H6/c1-9-11(5-4-6-13(9)19(21,22)23)10(2)24-17-12-7-15(27)16(28-3)8-14(12)25-18(20)26-17;1-2/h4-8,10,27H,1-3H3,(H,24,25,26);1-2H3/t10-;/m1./s1. The molecule has 0 saturated carbocycles. The summed E-state index contributed by atoms with van der Waals surface area (Å²) in [6.07, 6.45) is -4.44. The van der Waals surface area contributed by atoms with E-state index >= 15 is 0 Å². The van der Waals surface area contributed by atoms with Crippen LogP contribution in [0.2, 0.25) is 5.28 Å². The lowest BCUT2D eigenvalue weighted by Crippen LogP contribution is -2.14. The van der Waals surface area contributed by atoms with Crippen molar-refractivity contribution >= 4 is 28.3 Å². The number of fused-ring (bicyclic) bond motifs is 1. The van der Waals surface area contributed by atoms with Crippen LogP contribution in [0.4, 0.5) is 19.0 Å². The molecular weight excluding hydrogens is 419 g/mol. The number of alkyl halides is 3. The maximum atomic E-state index is 13.2. The van der Waals surface area contributed by atoms with E-state index in [0.29, 0.717) is 16.5 Å². The predicted molar refractivity (Wildman–Crippen MR) is 112 cm³/mol. The van der Waals surface area contributed by atoms with Crippen LogP contribution < -0.4 is 10.1 Å². The SMILES string of the molecule is CC.COc1cc2nc(Cl)nc(N[C@H](C)c3cccc(C(F)(F)F)c3C)c2cc1O. The fraction of sp³-hybridized carbons (Fsp3) is 0.333. The zero-order valence-corrected chi connectivity index (χ0v) is 18.0. The molecule has 0 radical (unpaired) electrons. The molecule has 9 heteroatoms. The highest BCUT2D eigenvalue weighted by Gasteiger charge is 2.33. The van der Waals surface area contributed by atoms with Crippen molar-refractivity contribution in [1.29, 1.82) is 0 Å². The lowest BCUT2D eigenvalue weighted by Gasteiger charge is -2.21. The molecule has 162 valence electrons. The number of nitrogens with zero attached hydrogens (tertiary/aromatic N) is 2. The summed E-state index contributed by atoms with van der Waals surface area (Å²) < 4.78 is 44.7. The molecule has 0 aliphatic carbocycles. The van der Waals surface area contributed by atoms with Crippen molar-refractivity contribution in [3.8, 4) is 11.5 Å². The van der Waals surface area contributed by atoms with Gasteiger partial charge in [-0.15, -0.1) is 0 Å². The van der Waals surface area contributed by atoms with Gasteiger partial charge in [-0.1, -0.05) is 26.0 Å². The summed E-state index contributed by atoms with van der Waals surface area (Å²) in [5, 5.41) is 13.5. The molecule has 2 aromatic carbocycles. The smallest absolute Gasteiger partial charge is 0.416 e. The fourth-order valence-electron chi connectivity index (χ4n) is 3.10. The van der Waals surface area contributed by atoms with Crippen LogP contribution in [0.1, 0.15) is 43.5 Å². The average Bonchev–Trinajstić information content (AvgIpc) is 2.68. The molecule has 0 fully saturated rings. The van der Waals surface area contributed by atoms with Crippen molar-refractivity contribution in [1.82, 2.24) is 9.97 Å². The number of halogens is 4. The number of hydrogen-bond donors (Lipinski definition) is 2. The number of aromatic nitrogens is 2. The molecule has 1 heterocycles. The van der Waals surface area contributed by atoms with Gasteiger partial charge in [0.25, 0.3) is 0 Å². The molecule has 30 heavy (non-hydrogen) atoms. The van der Waals surface area contributed by atoms with Crippen LogP contribution in [0.5, 0.6) is 11.5 Å². The normalized spacial score (nSPS) is 12.2. The van der Waals surface area contributed by atoms with Gasteiger partial charge in [0.1, 0.15) is 5.82 Å². The Morgan fingerprint density at radius 1 is 1.17 bits per heavy atom. The van der Waals surface area contributed by atoms with Crippen LogP contribution in [0.3, 0.4) is 0 Å². The average molecular weight is 442 g/mol. The second kappa shape index (κ2) is 9.38. The molecule has 1 aromatic heterocycles. The van der Waals surface area contributed by atoms with Crippen LogP contribution in [0, 0.1) is 6.92 Å². The van der Waals surface area contributed by atoms with E-state index in [-0.39, 0.29) is 28.2 Å². The summed E-state index contributed by atoms with van der Waals surface area (Å²) in [6, 6.07) is 6.44. The highest BCUT2D eigenvalue weighted by Crippen LogP contribution is 2.37. The van der Waals surface area contributed by atoms with Crippen LogP contribution in [0.25, 0.3) is 10.9 Å². The molecule has 1 atom stereocenters. The number of aromatic hydroxyl groups is 1. The molecular formula is C21H23ClF3N3O2. The number of nitrogens with one attached hydrogen (secondary N) is 1. The Bertz CT molecular complexity index is 1040. The van der Waals surface area contributed by atoms with Gasteiger partial charge in [0.05, 0.1) is 24.2 Å². The van der Waals surface area contributed by atoms with Gasteiger partial charge in [-0.3, -0.25) is 0 Å². The molecule has 0 unspecified atom stereocenters. The molecule has 0 aliphatic rings. The van der Waals surface area contributed by atoms with Crippen molar-refractivity contribution in [2.45, 2.75) is 39.9 Å².